The van der Waals surface area contributed by atoms with Gasteiger partial charge in [0.2, 0.25) is 0 Å². The first-order chi connectivity index (χ1) is 8.18. The van der Waals surface area contributed by atoms with Crippen LogP contribution in [0.15, 0.2) is 30.3 Å². The Morgan fingerprint density at radius 2 is 2.06 bits per heavy atom. The van der Waals surface area contributed by atoms with Crippen LogP contribution < -0.4 is 0 Å². The molecule has 0 spiro atoms. The smallest absolute Gasteiger partial charge is 0.329 e. The number of hydrogen-bond acceptors (Lipinski definition) is 3. The highest BCUT2D eigenvalue weighted by atomic mass is 16.7. The summed E-state index contributed by atoms with van der Waals surface area (Å²) in [5, 5.41) is 1.22. The van der Waals surface area contributed by atoms with Crippen molar-refractivity contribution in [3.63, 3.8) is 0 Å². The van der Waals surface area contributed by atoms with Crippen LogP contribution in [-0.2, 0) is 14.4 Å². The zero-order valence-corrected chi connectivity index (χ0v) is 9.76. The molecule has 4 nitrogen and oxygen atoms in total. The Hall–Kier alpha value is -1.84. The van der Waals surface area contributed by atoms with Crippen molar-refractivity contribution < 1.29 is 14.4 Å². The van der Waals surface area contributed by atoms with Gasteiger partial charge in [0.1, 0.15) is 0 Å². The van der Waals surface area contributed by atoms with E-state index in [9.17, 15) is 9.59 Å². The van der Waals surface area contributed by atoms with Gasteiger partial charge in [-0.1, -0.05) is 30.3 Å². The number of benzene rings is 1. The number of nitrogens with zero attached hydrogens (tertiary/aromatic N) is 1. The fourth-order valence-corrected chi connectivity index (χ4v) is 2.08. The van der Waals surface area contributed by atoms with E-state index in [4.69, 9.17) is 4.84 Å². The van der Waals surface area contributed by atoms with Gasteiger partial charge in [-0.2, -0.15) is 5.06 Å². The van der Waals surface area contributed by atoms with E-state index in [0.29, 0.717) is 6.42 Å². The molecule has 0 aliphatic carbocycles. The quantitative estimate of drug-likeness (QED) is 0.786. The maximum atomic E-state index is 11.8. The molecule has 1 saturated heterocycles. The van der Waals surface area contributed by atoms with Gasteiger partial charge in [-0.15, -0.1) is 0 Å². The summed E-state index contributed by atoms with van der Waals surface area (Å²) in [6.45, 7) is 1.31. The van der Waals surface area contributed by atoms with Crippen LogP contribution in [0.3, 0.4) is 0 Å². The van der Waals surface area contributed by atoms with Crippen LogP contribution in [0.1, 0.15) is 37.8 Å². The monoisotopic (exact) mass is 233 g/mol. The molecule has 1 unspecified atom stereocenters. The first kappa shape index (κ1) is 11.6. The second kappa shape index (κ2) is 4.99. The summed E-state index contributed by atoms with van der Waals surface area (Å²) in [5.41, 5.74) is 1.00. The summed E-state index contributed by atoms with van der Waals surface area (Å²) in [7, 11) is 0. The number of hydroxylamine groups is 2. The third-order valence-electron chi connectivity index (χ3n) is 2.81. The lowest BCUT2D eigenvalue weighted by Crippen LogP contribution is -2.39. The molecule has 1 amide bonds. The Labute approximate surface area is 100 Å². The molecular weight excluding hydrogens is 218 g/mol. The molecule has 1 aromatic carbocycles. The number of piperidine rings is 1. The van der Waals surface area contributed by atoms with E-state index < -0.39 is 5.97 Å². The fourth-order valence-electron chi connectivity index (χ4n) is 2.08. The topological polar surface area (TPSA) is 46.6 Å². The van der Waals surface area contributed by atoms with Crippen LogP contribution in [0.25, 0.3) is 0 Å². The maximum Gasteiger partial charge on any atom is 0.329 e. The molecule has 0 bridgehead atoms. The van der Waals surface area contributed by atoms with E-state index in [1.54, 1.807) is 0 Å². The first-order valence-electron chi connectivity index (χ1n) is 5.74. The van der Waals surface area contributed by atoms with Crippen molar-refractivity contribution in [3.8, 4) is 0 Å². The van der Waals surface area contributed by atoms with Crippen LogP contribution in [0.4, 0.5) is 0 Å². The molecule has 0 aromatic heterocycles. The van der Waals surface area contributed by atoms with Crippen LogP contribution in [0.2, 0.25) is 0 Å². The zero-order valence-electron chi connectivity index (χ0n) is 9.76. The van der Waals surface area contributed by atoms with Crippen LogP contribution in [-0.4, -0.2) is 16.9 Å². The number of rotatable bonds is 2. The maximum absolute atomic E-state index is 11.8. The first-order valence-corrected chi connectivity index (χ1v) is 5.74. The molecule has 1 heterocycles. The minimum absolute atomic E-state index is 0.125. The molecule has 1 aliphatic rings. The van der Waals surface area contributed by atoms with E-state index in [2.05, 4.69) is 0 Å². The number of carbonyl (C=O) groups excluding carboxylic acids is 2. The number of hydrogen-bond donors (Lipinski definition) is 0. The highest BCUT2D eigenvalue weighted by molar-refractivity contribution is 5.78. The third-order valence-corrected chi connectivity index (χ3v) is 2.81. The number of amides is 1. The normalized spacial score (nSPS) is 20.2. The Kier molecular flexibility index (Phi) is 3.42. The highest BCUT2D eigenvalue weighted by Gasteiger charge is 2.31. The lowest BCUT2D eigenvalue weighted by atomic mass is 9.97. The van der Waals surface area contributed by atoms with Crippen molar-refractivity contribution in [1.82, 2.24) is 5.06 Å². The summed E-state index contributed by atoms with van der Waals surface area (Å²) in [4.78, 5) is 27.8. The molecule has 1 aliphatic heterocycles. The molecule has 17 heavy (non-hydrogen) atoms. The Morgan fingerprint density at radius 3 is 2.71 bits per heavy atom. The fraction of sp³-hybridized carbons (Fsp3) is 0.385. The molecule has 1 atom stereocenters. The Balaban J connectivity index is 2.23. The van der Waals surface area contributed by atoms with Crippen LogP contribution in [0.5, 0.6) is 0 Å². The van der Waals surface area contributed by atoms with Crippen molar-refractivity contribution >= 4 is 11.9 Å². The van der Waals surface area contributed by atoms with Gasteiger partial charge in [0, 0.05) is 13.3 Å². The lowest BCUT2D eigenvalue weighted by molar-refractivity contribution is -0.211. The highest BCUT2D eigenvalue weighted by Crippen LogP contribution is 2.31. The molecule has 0 saturated carbocycles. The summed E-state index contributed by atoms with van der Waals surface area (Å²) >= 11 is 0. The summed E-state index contributed by atoms with van der Waals surface area (Å²) in [6.07, 6.45) is 2.09. The van der Waals surface area contributed by atoms with Gasteiger partial charge in [-0.3, -0.25) is 9.59 Å². The van der Waals surface area contributed by atoms with Gasteiger partial charge < -0.3 is 4.84 Å². The van der Waals surface area contributed by atoms with Crippen LogP contribution in [0, 0.1) is 0 Å². The predicted molar refractivity (Wildman–Crippen MR) is 61.6 cm³/mol. The predicted octanol–water partition coefficient (Wildman–Crippen LogP) is 2.22. The molecule has 4 heteroatoms. The van der Waals surface area contributed by atoms with E-state index >= 15 is 0 Å². The summed E-state index contributed by atoms with van der Waals surface area (Å²) in [5.74, 6) is -0.582. The number of carbonyl (C=O) groups is 2. The largest absolute Gasteiger partial charge is 0.338 e. The SMILES string of the molecule is CC(=O)ON1C(=O)CCCC1c1ccccc1. The van der Waals surface area contributed by atoms with Gasteiger partial charge in [-0.05, 0) is 18.4 Å². The van der Waals surface area contributed by atoms with Gasteiger partial charge in [0.15, 0.2) is 0 Å². The Bertz CT molecular complexity index is 416. The van der Waals surface area contributed by atoms with Crippen molar-refractivity contribution in [2.24, 2.45) is 0 Å². The van der Waals surface area contributed by atoms with Crippen LogP contribution >= 0.6 is 0 Å². The second-order valence-corrected chi connectivity index (χ2v) is 4.12. The Morgan fingerprint density at radius 1 is 1.35 bits per heavy atom. The van der Waals surface area contributed by atoms with Gasteiger partial charge >= 0.3 is 5.97 Å². The zero-order chi connectivity index (χ0) is 12.3. The van der Waals surface area contributed by atoms with Gasteiger partial charge in [0.05, 0.1) is 6.04 Å². The van der Waals surface area contributed by atoms with E-state index in [0.717, 1.165) is 18.4 Å². The van der Waals surface area contributed by atoms with Gasteiger partial charge in [0.25, 0.3) is 5.91 Å². The minimum atomic E-state index is -0.457. The van der Waals surface area contributed by atoms with Crippen molar-refractivity contribution in [3.05, 3.63) is 35.9 Å². The van der Waals surface area contributed by atoms with E-state index in [1.807, 2.05) is 30.3 Å². The molecule has 2 rings (SSSR count). The summed E-state index contributed by atoms with van der Waals surface area (Å²) < 4.78 is 0. The molecule has 1 fully saturated rings. The van der Waals surface area contributed by atoms with E-state index in [-0.39, 0.29) is 11.9 Å². The minimum Gasteiger partial charge on any atom is -0.338 e. The second-order valence-electron chi connectivity index (χ2n) is 4.12. The molecule has 0 radical (unpaired) electrons. The molecule has 0 N–H and O–H groups in total. The average molecular weight is 233 g/mol. The standard InChI is InChI=1S/C13H15NO3/c1-10(15)17-14-12(8-5-9-13(14)16)11-6-3-2-4-7-11/h2-4,6-7,12H,5,8-9H2,1H3. The van der Waals surface area contributed by atoms with Gasteiger partial charge in [-0.25, -0.2) is 0 Å². The molecule has 90 valence electrons. The lowest BCUT2D eigenvalue weighted by Gasteiger charge is -2.33. The van der Waals surface area contributed by atoms with Crippen molar-refractivity contribution in [1.29, 1.82) is 0 Å². The average Bonchev–Trinajstić information content (AvgIpc) is 2.32. The summed E-state index contributed by atoms with van der Waals surface area (Å²) in [6, 6.07) is 9.49. The third kappa shape index (κ3) is 2.64. The van der Waals surface area contributed by atoms with Crippen molar-refractivity contribution in [2.45, 2.75) is 32.2 Å². The molecular formula is C13H15NO3. The molecule has 1 aromatic rings. The van der Waals surface area contributed by atoms with E-state index in [1.165, 1.54) is 12.0 Å². The van der Waals surface area contributed by atoms with Crippen molar-refractivity contribution in [2.75, 3.05) is 0 Å².